The molecule has 1 aliphatic rings. The summed E-state index contributed by atoms with van der Waals surface area (Å²) in [6.07, 6.45) is 5.31. The number of benzene rings is 1. The Bertz CT molecular complexity index is 569. The number of carbonyl (C=O) groups is 1. The van der Waals surface area contributed by atoms with E-state index in [-0.39, 0.29) is 18.7 Å². The van der Waals surface area contributed by atoms with Crippen LogP contribution in [0.25, 0.3) is 6.08 Å². The van der Waals surface area contributed by atoms with Crippen LogP contribution in [0.3, 0.4) is 0 Å². The van der Waals surface area contributed by atoms with Gasteiger partial charge in [-0.15, -0.1) is 0 Å². The van der Waals surface area contributed by atoms with Gasteiger partial charge < -0.3 is 14.8 Å². The molecule has 0 saturated heterocycles. The fourth-order valence-electron chi connectivity index (χ4n) is 2.20. The number of rotatable bonds is 6. The van der Waals surface area contributed by atoms with Crippen LogP contribution in [0, 0.1) is 5.92 Å². The molecule has 1 atom stereocenters. The Morgan fingerprint density at radius 1 is 1.32 bits per heavy atom. The summed E-state index contributed by atoms with van der Waals surface area (Å²) in [7, 11) is 0. The molecule has 0 saturated carbocycles. The van der Waals surface area contributed by atoms with Crippen LogP contribution in [0.1, 0.15) is 39.2 Å². The lowest BCUT2D eigenvalue weighted by Crippen LogP contribution is -2.31. The van der Waals surface area contributed by atoms with Crippen LogP contribution >= 0.6 is 11.6 Å². The van der Waals surface area contributed by atoms with Gasteiger partial charge in [0, 0.05) is 12.1 Å². The quantitative estimate of drug-likeness (QED) is 0.804. The average Bonchev–Trinajstić information content (AvgIpc) is 2.92. The second kappa shape index (κ2) is 7.54. The summed E-state index contributed by atoms with van der Waals surface area (Å²) in [5.74, 6) is 1.71. The molecule has 1 heterocycles. The zero-order chi connectivity index (χ0) is 16.1. The van der Waals surface area contributed by atoms with Crippen molar-refractivity contribution in [3.05, 3.63) is 28.8 Å². The first-order valence-electron chi connectivity index (χ1n) is 7.53. The van der Waals surface area contributed by atoms with Crippen molar-refractivity contribution in [2.75, 3.05) is 6.79 Å². The first-order valence-corrected chi connectivity index (χ1v) is 7.91. The first-order chi connectivity index (χ1) is 10.5. The Kier molecular flexibility index (Phi) is 5.72. The van der Waals surface area contributed by atoms with E-state index in [1.165, 1.54) is 6.08 Å². The van der Waals surface area contributed by atoms with E-state index in [9.17, 15) is 4.79 Å². The smallest absolute Gasteiger partial charge is 0.244 e. The third kappa shape index (κ3) is 4.67. The molecule has 1 amide bonds. The molecule has 4 nitrogen and oxygen atoms in total. The second-order valence-corrected chi connectivity index (χ2v) is 6.36. The van der Waals surface area contributed by atoms with Crippen LogP contribution in [0.2, 0.25) is 5.02 Å². The molecule has 1 aromatic rings. The summed E-state index contributed by atoms with van der Waals surface area (Å²) in [6.45, 7) is 6.55. The highest BCUT2D eigenvalue weighted by Gasteiger charge is 2.17. The van der Waals surface area contributed by atoms with Crippen LogP contribution in [-0.2, 0) is 4.79 Å². The maximum Gasteiger partial charge on any atom is 0.244 e. The van der Waals surface area contributed by atoms with Gasteiger partial charge in [0.2, 0.25) is 12.7 Å². The normalized spacial score (nSPS) is 14.6. The zero-order valence-electron chi connectivity index (χ0n) is 13.2. The van der Waals surface area contributed by atoms with Crippen LogP contribution in [-0.4, -0.2) is 18.7 Å². The molecule has 0 unspecified atom stereocenters. The Hall–Kier alpha value is -1.68. The molecule has 1 N–H and O–H groups in total. The summed E-state index contributed by atoms with van der Waals surface area (Å²) >= 11 is 6.11. The summed E-state index contributed by atoms with van der Waals surface area (Å²) in [4.78, 5) is 11.9. The number of carbonyl (C=O) groups excluding carboxylic acids is 1. The van der Waals surface area contributed by atoms with Gasteiger partial charge >= 0.3 is 0 Å². The predicted molar refractivity (Wildman–Crippen MR) is 88.3 cm³/mol. The van der Waals surface area contributed by atoms with E-state index < -0.39 is 0 Å². The highest BCUT2D eigenvalue weighted by atomic mass is 35.5. The van der Waals surface area contributed by atoms with E-state index in [2.05, 4.69) is 19.2 Å². The predicted octanol–water partition coefficient (Wildman–Crippen LogP) is 4.02. The standard InChI is InChI=1S/C17H22ClNO3/c1-11(2)4-5-12(3)19-16(20)7-6-13-8-14(18)17-15(9-13)21-10-22-17/h6-9,11-12H,4-5,10H2,1-3H3,(H,19,20)/b7-6+/t12-/m0/s1. The highest BCUT2D eigenvalue weighted by Crippen LogP contribution is 2.40. The van der Waals surface area contributed by atoms with Gasteiger partial charge in [-0.05, 0) is 49.5 Å². The molecule has 0 fully saturated rings. The van der Waals surface area contributed by atoms with E-state index in [4.69, 9.17) is 21.1 Å². The topological polar surface area (TPSA) is 47.6 Å². The van der Waals surface area contributed by atoms with Crippen molar-refractivity contribution in [2.24, 2.45) is 5.92 Å². The summed E-state index contributed by atoms with van der Waals surface area (Å²) in [5, 5.41) is 3.44. The summed E-state index contributed by atoms with van der Waals surface area (Å²) < 4.78 is 10.6. The fraction of sp³-hybridized carbons (Fsp3) is 0.471. The average molecular weight is 324 g/mol. The number of amides is 1. The van der Waals surface area contributed by atoms with Crippen molar-refractivity contribution < 1.29 is 14.3 Å². The number of ether oxygens (including phenoxy) is 2. The van der Waals surface area contributed by atoms with Crippen molar-refractivity contribution in [2.45, 2.75) is 39.7 Å². The van der Waals surface area contributed by atoms with Crippen LogP contribution in [0.5, 0.6) is 11.5 Å². The van der Waals surface area contributed by atoms with E-state index >= 15 is 0 Å². The van der Waals surface area contributed by atoms with Crippen LogP contribution in [0.15, 0.2) is 18.2 Å². The second-order valence-electron chi connectivity index (χ2n) is 5.95. The van der Waals surface area contributed by atoms with Gasteiger partial charge in [-0.3, -0.25) is 4.79 Å². The Balaban J connectivity index is 1.91. The van der Waals surface area contributed by atoms with E-state index in [0.29, 0.717) is 22.4 Å². The molecule has 0 aliphatic carbocycles. The number of halogens is 1. The third-order valence-corrected chi connectivity index (χ3v) is 3.72. The molecule has 0 bridgehead atoms. The minimum absolute atomic E-state index is 0.106. The van der Waals surface area contributed by atoms with Gasteiger partial charge in [0.1, 0.15) is 0 Å². The van der Waals surface area contributed by atoms with Crippen molar-refractivity contribution >= 4 is 23.6 Å². The van der Waals surface area contributed by atoms with Gasteiger partial charge in [-0.2, -0.15) is 0 Å². The number of hydrogen-bond acceptors (Lipinski definition) is 3. The molecule has 1 aliphatic heterocycles. The first kappa shape index (κ1) is 16.7. The minimum atomic E-state index is -0.106. The van der Waals surface area contributed by atoms with Gasteiger partial charge in [0.15, 0.2) is 11.5 Å². The molecule has 1 aromatic carbocycles. The Labute approximate surface area is 136 Å². The van der Waals surface area contributed by atoms with Crippen molar-refractivity contribution in [3.8, 4) is 11.5 Å². The molecule has 120 valence electrons. The summed E-state index contributed by atoms with van der Waals surface area (Å²) in [6, 6.07) is 3.72. The van der Waals surface area contributed by atoms with Gasteiger partial charge in [0.05, 0.1) is 5.02 Å². The van der Waals surface area contributed by atoms with Crippen molar-refractivity contribution in [3.63, 3.8) is 0 Å². The third-order valence-electron chi connectivity index (χ3n) is 3.44. The molecule has 5 heteroatoms. The molecule has 22 heavy (non-hydrogen) atoms. The van der Waals surface area contributed by atoms with Crippen LogP contribution < -0.4 is 14.8 Å². The van der Waals surface area contributed by atoms with Crippen molar-refractivity contribution in [1.82, 2.24) is 5.32 Å². The molecular weight excluding hydrogens is 302 g/mol. The molecular formula is C17H22ClNO3. The monoisotopic (exact) mass is 323 g/mol. The number of nitrogens with one attached hydrogen (secondary N) is 1. The van der Waals surface area contributed by atoms with Gasteiger partial charge in [0.25, 0.3) is 0 Å². The number of hydrogen-bond donors (Lipinski definition) is 1. The lowest BCUT2D eigenvalue weighted by molar-refractivity contribution is -0.117. The maximum absolute atomic E-state index is 11.9. The van der Waals surface area contributed by atoms with Gasteiger partial charge in [-0.25, -0.2) is 0 Å². The Morgan fingerprint density at radius 3 is 2.82 bits per heavy atom. The number of fused-ring (bicyclic) bond motifs is 1. The molecule has 0 aromatic heterocycles. The molecule has 2 rings (SSSR count). The Morgan fingerprint density at radius 2 is 2.09 bits per heavy atom. The maximum atomic E-state index is 11.9. The van der Waals surface area contributed by atoms with E-state index in [1.807, 2.05) is 6.92 Å². The largest absolute Gasteiger partial charge is 0.454 e. The molecule has 0 spiro atoms. The lowest BCUT2D eigenvalue weighted by atomic mass is 10.0. The van der Waals surface area contributed by atoms with Crippen molar-refractivity contribution in [1.29, 1.82) is 0 Å². The summed E-state index contributed by atoms with van der Waals surface area (Å²) in [5.41, 5.74) is 0.805. The van der Waals surface area contributed by atoms with Crippen LogP contribution in [0.4, 0.5) is 0 Å². The van der Waals surface area contributed by atoms with E-state index in [1.54, 1.807) is 18.2 Å². The highest BCUT2D eigenvalue weighted by molar-refractivity contribution is 6.32. The zero-order valence-corrected chi connectivity index (χ0v) is 13.9. The van der Waals surface area contributed by atoms with E-state index in [0.717, 1.165) is 18.4 Å². The molecule has 0 radical (unpaired) electrons. The lowest BCUT2D eigenvalue weighted by Gasteiger charge is -2.13. The minimum Gasteiger partial charge on any atom is -0.454 e. The van der Waals surface area contributed by atoms with Gasteiger partial charge in [-0.1, -0.05) is 25.4 Å². The SMILES string of the molecule is CC(C)CC[C@H](C)NC(=O)/C=C/c1cc(Cl)c2c(c1)OCO2. The fourth-order valence-corrected chi connectivity index (χ4v) is 2.48.